The number of carbonyl (C=O) groups is 2. The summed E-state index contributed by atoms with van der Waals surface area (Å²) in [5, 5.41) is 5.09. The molecule has 2 aromatic rings. The van der Waals surface area contributed by atoms with E-state index in [4.69, 9.17) is 0 Å². The number of benzene rings is 2. The second kappa shape index (κ2) is 6.41. The van der Waals surface area contributed by atoms with Crippen LogP contribution in [0.1, 0.15) is 38.8 Å². The third-order valence-electron chi connectivity index (χ3n) is 5.03. The van der Waals surface area contributed by atoms with Crippen LogP contribution in [0.2, 0.25) is 0 Å². The fourth-order valence-electron chi connectivity index (χ4n) is 3.15. The summed E-state index contributed by atoms with van der Waals surface area (Å²) < 4.78 is 27.3. The summed E-state index contributed by atoms with van der Waals surface area (Å²) in [4.78, 5) is 23.0. The van der Waals surface area contributed by atoms with Crippen LogP contribution in [-0.2, 0) is 20.4 Å². The third-order valence-corrected chi connectivity index (χ3v) is 5.49. The molecule has 2 N–H and O–H groups in total. The van der Waals surface area contributed by atoms with Gasteiger partial charge in [-0.3, -0.25) is 9.59 Å². The fourth-order valence-corrected chi connectivity index (χ4v) is 3.58. The number of nitrogens with one attached hydrogen (secondary N) is 2. The molecule has 4 nitrogen and oxygen atoms in total. The molecule has 0 unspecified atom stereocenters. The molecule has 0 saturated carbocycles. The highest BCUT2D eigenvalue weighted by atomic mass is 79.9. The lowest BCUT2D eigenvalue weighted by Gasteiger charge is -2.14. The van der Waals surface area contributed by atoms with Gasteiger partial charge in [0.25, 0.3) is 0 Å². The van der Waals surface area contributed by atoms with E-state index in [1.54, 1.807) is 45.9 Å². The van der Waals surface area contributed by atoms with Crippen molar-refractivity contribution in [3.05, 3.63) is 57.6 Å². The van der Waals surface area contributed by atoms with E-state index in [2.05, 4.69) is 26.6 Å². The molecule has 2 heterocycles. The molecule has 0 aliphatic carbocycles. The van der Waals surface area contributed by atoms with Gasteiger partial charge in [0.2, 0.25) is 11.8 Å². The van der Waals surface area contributed by atoms with E-state index in [0.29, 0.717) is 21.4 Å². The topological polar surface area (TPSA) is 58.2 Å². The summed E-state index contributed by atoms with van der Waals surface area (Å²) in [7, 11) is 0. The fraction of sp³-hybridized carbons (Fsp3) is 0.300. The normalized spacial score (nSPS) is 18.0. The maximum absolute atomic E-state index is 13.4. The Morgan fingerprint density at radius 3 is 1.89 bits per heavy atom. The summed E-state index contributed by atoms with van der Waals surface area (Å²) in [6.45, 7) is 7.13. The monoisotopic (exact) mass is 436 g/mol. The van der Waals surface area contributed by atoms with Gasteiger partial charge in [0, 0.05) is 4.47 Å². The Morgan fingerprint density at radius 1 is 0.815 bits per heavy atom. The van der Waals surface area contributed by atoms with Crippen molar-refractivity contribution >= 4 is 39.1 Å². The number of amides is 2. The molecule has 2 aromatic carbocycles. The van der Waals surface area contributed by atoms with Gasteiger partial charge in [-0.2, -0.15) is 0 Å². The van der Waals surface area contributed by atoms with E-state index < -0.39 is 16.6 Å². The molecule has 2 aliphatic heterocycles. The minimum atomic E-state index is -0.653. The number of anilines is 2. The Labute approximate surface area is 164 Å². The lowest BCUT2D eigenvalue weighted by molar-refractivity contribution is -0.120. The molecule has 2 aliphatic rings. The SMILES string of the molecule is CC1(C)C(=O)Nc2c(F)cc(Br)cc21.CC1(C)C(=O)Nc2c(F)cccc21. The molecular weight excluding hydrogens is 418 g/mol. The zero-order valence-corrected chi connectivity index (χ0v) is 16.9. The Morgan fingerprint density at radius 2 is 1.33 bits per heavy atom. The smallest absolute Gasteiger partial charge is 0.234 e. The first-order chi connectivity index (χ1) is 12.5. The van der Waals surface area contributed by atoms with Gasteiger partial charge in [0.15, 0.2) is 0 Å². The van der Waals surface area contributed by atoms with Crippen LogP contribution in [0.25, 0.3) is 0 Å². The van der Waals surface area contributed by atoms with Crippen LogP contribution in [-0.4, -0.2) is 11.8 Å². The summed E-state index contributed by atoms with van der Waals surface area (Å²) >= 11 is 3.21. The van der Waals surface area contributed by atoms with Crippen LogP contribution < -0.4 is 10.6 Å². The van der Waals surface area contributed by atoms with Crippen LogP contribution in [0.5, 0.6) is 0 Å². The molecule has 0 atom stereocenters. The van der Waals surface area contributed by atoms with Crippen molar-refractivity contribution < 1.29 is 18.4 Å². The van der Waals surface area contributed by atoms with Crippen LogP contribution in [0, 0.1) is 11.6 Å². The van der Waals surface area contributed by atoms with Gasteiger partial charge in [0.1, 0.15) is 11.6 Å². The van der Waals surface area contributed by atoms with Crippen molar-refractivity contribution in [2.75, 3.05) is 10.6 Å². The first-order valence-electron chi connectivity index (χ1n) is 8.37. The second-order valence-corrected chi connectivity index (χ2v) is 8.55. The number of fused-ring (bicyclic) bond motifs is 2. The Balaban J connectivity index is 0.000000156. The quantitative estimate of drug-likeness (QED) is 0.618. The highest BCUT2D eigenvalue weighted by Gasteiger charge is 2.40. The molecule has 0 aromatic heterocycles. The molecular formula is C20H19BrF2N2O2. The molecule has 0 spiro atoms. The van der Waals surface area contributed by atoms with E-state index in [1.807, 2.05) is 0 Å². The maximum atomic E-state index is 13.4. The zero-order chi connectivity index (χ0) is 20.1. The van der Waals surface area contributed by atoms with Crippen LogP contribution in [0.3, 0.4) is 0 Å². The van der Waals surface area contributed by atoms with Gasteiger partial charge in [0.05, 0.1) is 22.2 Å². The number of rotatable bonds is 0. The van der Waals surface area contributed by atoms with Gasteiger partial charge in [-0.05, 0) is 57.0 Å². The maximum Gasteiger partial charge on any atom is 0.234 e. The molecule has 27 heavy (non-hydrogen) atoms. The predicted octanol–water partition coefficient (Wildman–Crippen LogP) is 4.87. The van der Waals surface area contributed by atoms with Gasteiger partial charge in [-0.15, -0.1) is 0 Å². The lowest BCUT2D eigenvalue weighted by Crippen LogP contribution is -2.26. The van der Waals surface area contributed by atoms with Gasteiger partial charge in [-0.1, -0.05) is 28.1 Å². The minimum absolute atomic E-state index is 0.146. The van der Waals surface area contributed by atoms with Crippen molar-refractivity contribution in [3.8, 4) is 0 Å². The third kappa shape index (κ3) is 3.14. The van der Waals surface area contributed by atoms with Crippen molar-refractivity contribution in [2.24, 2.45) is 0 Å². The van der Waals surface area contributed by atoms with E-state index in [0.717, 1.165) is 5.56 Å². The number of halogens is 3. The first-order valence-corrected chi connectivity index (χ1v) is 9.17. The molecule has 4 rings (SSSR count). The van der Waals surface area contributed by atoms with Gasteiger partial charge < -0.3 is 10.6 Å². The van der Waals surface area contributed by atoms with Crippen molar-refractivity contribution in [3.63, 3.8) is 0 Å². The van der Waals surface area contributed by atoms with Gasteiger partial charge >= 0.3 is 0 Å². The Kier molecular flexibility index (Phi) is 4.62. The van der Waals surface area contributed by atoms with Crippen LogP contribution >= 0.6 is 15.9 Å². The molecule has 0 bridgehead atoms. The molecule has 142 valence electrons. The average Bonchev–Trinajstić information content (AvgIpc) is 2.94. The highest BCUT2D eigenvalue weighted by molar-refractivity contribution is 9.10. The van der Waals surface area contributed by atoms with Gasteiger partial charge in [-0.25, -0.2) is 8.78 Å². The first kappa shape index (κ1) is 19.5. The van der Waals surface area contributed by atoms with E-state index in [-0.39, 0.29) is 17.6 Å². The Hall–Kier alpha value is -2.28. The number of para-hydroxylation sites is 1. The van der Waals surface area contributed by atoms with Crippen molar-refractivity contribution in [2.45, 2.75) is 38.5 Å². The number of hydrogen-bond donors (Lipinski definition) is 2. The van der Waals surface area contributed by atoms with E-state index in [9.17, 15) is 18.4 Å². The number of carbonyl (C=O) groups excluding carboxylic acids is 2. The van der Waals surface area contributed by atoms with Crippen molar-refractivity contribution in [1.29, 1.82) is 0 Å². The molecule has 0 radical (unpaired) electrons. The summed E-state index contributed by atoms with van der Waals surface area (Å²) in [5.41, 5.74) is 0.810. The standard InChI is InChI=1S/C10H9BrFNO.C10H10FNO/c1-10(2)6-3-5(11)4-7(12)8(6)13-9(10)14;1-10(2)6-4-3-5-7(11)8(6)12-9(10)13/h3-4H,1-2H3,(H,13,14);3-5H,1-2H3,(H,12,13). The molecule has 0 fully saturated rings. The van der Waals surface area contributed by atoms with Crippen LogP contribution in [0.15, 0.2) is 34.8 Å². The minimum Gasteiger partial charge on any atom is -0.323 e. The lowest BCUT2D eigenvalue weighted by atomic mass is 9.86. The second-order valence-electron chi connectivity index (χ2n) is 7.63. The average molecular weight is 437 g/mol. The van der Waals surface area contributed by atoms with Crippen molar-refractivity contribution in [1.82, 2.24) is 0 Å². The van der Waals surface area contributed by atoms with E-state index >= 15 is 0 Å². The van der Waals surface area contributed by atoms with E-state index in [1.165, 1.54) is 12.1 Å². The van der Waals surface area contributed by atoms with Crippen LogP contribution in [0.4, 0.5) is 20.2 Å². The summed E-state index contributed by atoms with van der Waals surface area (Å²) in [5.74, 6) is -1.07. The number of hydrogen-bond acceptors (Lipinski definition) is 2. The Bertz CT molecular complexity index is 971. The molecule has 0 saturated heterocycles. The summed E-state index contributed by atoms with van der Waals surface area (Å²) in [6.07, 6.45) is 0. The highest BCUT2D eigenvalue weighted by Crippen LogP contribution is 2.40. The molecule has 2 amide bonds. The largest absolute Gasteiger partial charge is 0.323 e. The predicted molar refractivity (Wildman–Crippen MR) is 104 cm³/mol. The summed E-state index contributed by atoms with van der Waals surface area (Å²) in [6, 6.07) is 7.86. The zero-order valence-electron chi connectivity index (χ0n) is 15.3. The molecule has 7 heteroatoms.